The molecule has 0 radical (unpaired) electrons. The number of amides is 2. The topological polar surface area (TPSA) is 61.8 Å². The molecule has 0 saturated carbocycles. The maximum absolute atomic E-state index is 12.6. The number of halogens is 1. The number of rotatable bonds is 4. The first-order chi connectivity index (χ1) is 14.2. The smallest absolute Gasteiger partial charge is 0.253 e. The van der Waals surface area contributed by atoms with Gasteiger partial charge < -0.3 is 4.90 Å². The molecule has 30 heavy (non-hydrogen) atoms. The number of hydrogen-bond acceptors (Lipinski definition) is 3. The van der Waals surface area contributed by atoms with Gasteiger partial charge in [0, 0.05) is 29.6 Å². The molecule has 6 heteroatoms. The summed E-state index contributed by atoms with van der Waals surface area (Å²) < 4.78 is 0. The Bertz CT molecular complexity index is 907. The highest BCUT2D eigenvalue weighted by Crippen LogP contribution is 2.22. The molecule has 0 bridgehead atoms. The largest absolute Gasteiger partial charge is 0.339 e. The highest BCUT2D eigenvalue weighted by Gasteiger charge is 2.27. The zero-order chi connectivity index (χ0) is 21.7. The van der Waals surface area contributed by atoms with Crippen LogP contribution in [0.1, 0.15) is 55.1 Å². The molecule has 1 N–H and O–H groups in total. The average Bonchev–Trinajstić information content (AvgIpc) is 2.73. The Morgan fingerprint density at radius 3 is 2.20 bits per heavy atom. The van der Waals surface area contributed by atoms with E-state index >= 15 is 0 Å². The minimum absolute atomic E-state index is 0.0257. The van der Waals surface area contributed by atoms with Gasteiger partial charge in [-0.15, -0.1) is 0 Å². The van der Waals surface area contributed by atoms with E-state index in [1.807, 2.05) is 12.1 Å². The average molecular weight is 426 g/mol. The standard InChI is InChI=1S/C24H28ClN3O2/c1-24(2,3)20-8-4-17(5-9-20)16-26-27-22(29)18-12-14-28(15-13-18)23(30)19-6-10-21(25)11-7-19/h4-11,16,18H,12-15H2,1-3H3,(H,27,29)/b26-16-. The zero-order valence-electron chi connectivity index (χ0n) is 17.7. The van der Waals surface area contributed by atoms with Crippen LogP contribution in [0.3, 0.4) is 0 Å². The van der Waals surface area contributed by atoms with Crippen LogP contribution in [-0.2, 0) is 10.2 Å². The number of carbonyl (C=O) groups is 2. The fraction of sp³-hybridized carbons (Fsp3) is 0.375. The summed E-state index contributed by atoms with van der Waals surface area (Å²) in [6.45, 7) is 7.62. The van der Waals surface area contributed by atoms with Crippen LogP contribution in [0.25, 0.3) is 0 Å². The number of nitrogens with zero attached hydrogens (tertiary/aromatic N) is 2. The molecule has 3 rings (SSSR count). The number of likely N-dealkylation sites (tertiary alicyclic amines) is 1. The van der Waals surface area contributed by atoms with Crippen LogP contribution in [0.5, 0.6) is 0 Å². The maximum atomic E-state index is 12.6. The second-order valence-corrected chi connectivity index (χ2v) is 9.12. The van der Waals surface area contributed by atoms with Gasteiger partial charge in [-0.2, -0.15) is 5.10 Å². The lowest BCUT2D eigenvalue weighted by Gasteiger charge is -2.31. The lowest BCUT2D eigenvalue weighted by molar-refractivity contribution is -0.126. The van der Waals surface area contributed by atoms with Crippen LogP contribution in [0, 0.1) is 5.92 Å². The van der Waals surface area contributed by atoms with Gasteiger partial charge in [0.1, 0.15) is 0 Å². The predicted molar refractivity (Wildman–Crippen MR) is 121 cm³/mol. The van der Waals surface area contributed by atoms with Gasteiger partial charge in [0.25, 0.3) is 5.91 Å². The third-order valence-electron chi connectivity index (χ3n) is 5.41. The summed E-state index contributed by atoms with van der Waals surface area (Å²) in [7, 11) is 0. The summed E-state index contributed by atoms with van der Waals surface area (Å²) in [5.41, 5.74) is 5.55. The van der Waals surface area contributed by atoms with E-state index in [2.05, 4.69) is 43.4 Å². The molecule has 2 amide bonds. The second kappa shape index (κ2) is 9.43. The predicted octanol–water partition coefficient (Wildman–Crippen LogP) is 4.64. The fourth-order valence-electron chi connectivity index (χ4n) is 3.45. The number of piperidine rings is 1. The molecule has 2 aromatic rings. The summed E-state index contributed by atoms with van der Waals surface area (Å²) in [6.07, 6.45) is 2.91. The van der Waals surface area contributed by atoms with E-state index in [-0.39, 0.29) is 23.1 Å². The SMILES string of the molecule is CC(C)(C)c1ccc(/C=N\NC(=O)C2CCN(C(=O)c3ccc(Cl)cc3)CC2)cc1. The van der Waals surface area contributed by atoms with Crippen LogP contribution < -0.4 is 5.43 Å². The molecule has 1 fully saturated rings. The minimum Gasteiger partial charge on any atom is -0.339 e. The Balaban J connectivity index is 1.47. The molecule has 0 aromatic heterocycles. The first-order valence-corrected chi connectivity index (χ1v) is 10.6. The molecule has 0 atom stereocenters. The zero-order valence-corrected chi connectivity index (χ0v) is 18.4. The van der Waals surface area contributed by atoms with E-state index in [0.29, 0.717) is 36.5 Å². The third-order valence-corrected chi connectivity index (χ3v) is 5.66. The van der Waals surface area contributed by atoms with Crippen molar-refractivity contribution in [1.82, 2.24) is 10.3 Å². The molecular weight excluding hydrogens is 398 g/mol. The van der Waals surface area contributed by atoms with Crippen molar-refractivity contribution < 1.29 is 9.59 Å². The molecule has 0 unspecified atom stereocenters. The van der Waals surface area contributed by atoms with Gasteiger partial charge in [0.15, 0.2) is 0 Å². The Kier molecular flexibility index (Phi) is 6.93. The highest BCUT2D eigenvalue weighted by atomic mass is 35.5. The number of hydrazone groups is 1. The summed E-state index contributed by atoms with van der Waals surface area (Å²) in [5.74, 6) is -0.266. The van der Waals surface area contributed by atoms with Crippen molar-refractivity contribution in [3.05, 3.63) is 70.2 Å². The van der Waals surface area contributed by atoms with E-state index in [1.54, 1.807) is 35.4 Å². The number of hydrogen-bond donors (Lipinski definition) is 1. The normalized spacial score (nSPS) is 15.4. The van der Waals surface area contributed by atoms with Crippen molar-refractivity contribution in [1.29, 1.82) is 0 Å². The highest BCUT2D eigenvalue weighted by molar-refractivity contribution is 6.30. The van der Waals surface area contributed by atoms with E-state index in [0.717, 1.165) is 5.56 Å². The van der Waals surface area contributed by atoms with Gasteiger partial charge in [-0.1, -0.05) is 56.6 Å². The fourth-order valence-corrected chi connectivity index (χ4v) is 3.58. The van der Waals surface area contributed by atoms with Gasteiger partial charge in [0.05, 0.1) is 6.21 Å². The molecule has 1 aliphatic rings. The molecule has 0 aliphatic carbocycles. The molecule has 0 spiro atoms. The van der Waals surface area contributed by atoms with E-state index in [9.17, 15) is 9.59 Å². The third kappa shape index (κ3) is 5.70. The summed E-state index contributed by atoms with van der Waals surface area (Å²) in [5, 5.41) is 4.71. The van der Waals surface area contributed by atoms with Crippen molar-refractivity contribution >= 4 is 29.6 Å². The lowest BCUT2D eigenvalue weighted by Crippen LogP contribution is -2.42. The van der Waals surface area contributed by atoms with Crippen LogP contribution in [0.15, 0.2) is 53.6 Å². The maximum Gasteiger partial charge on any atom is 0.253 e. The first kappa shape index (κ1) is 22.0. The monoisotopic (exact) mass is 425 g/mol. The van der Waals surface area contributed by atoms with Gasteiger partial charge in [0.2, 0.25) is 5.91 Å². The van der Waals surface area contributed by atoms with E-state index < -0.39 is 0 Å². The summed E-state index contributed by atoms with van der Waals surface area (Å²) >= 11 is 5.88. The lowest BCUT2D eigenvalue weighted by atomic mass is 9.87. The molecule has 1 heterocycles. The molecule has 158 valence electrons. The second-order valence-electron chi connectivity index (χ2n) is 8.68. The Morgan fingerprint density at radius 2 is 1.63 bits per heavy atom. The molecule has 2 aromatic carbocycles. The van der Waals surface area contributed by atoms with Crippen molar-refractivity contribution in [2.24, 2.45) is 11.0 Å². The Labute approximate surface area is 183 Å². The van der Waals surface area contributed by atoms with Gasteiger partial charge in [-0.3, -0.25) is 9.59 Å². The Hall–Kier alpha value is -2.66. The van der Waals surface area contributed by atoms with Crippen LogP contribution in [-0.4, -0.2) is 36.0 Å². The van der Waals surface area contributed by atoms with Crippen molar-refractivity contribution in [3.8, 4) is 0 Å². The van der Waals surface area contributed by atoms with Crippen molar-refractivity contribution in [2.45, 2.75) is 39.0 Å². The number of nitrogens with one attached hydrogen (secondary N) is 1. The van der Waals surface area contributed by atoms with E-state index in [4.69, 9.17) is 11.6 Å². The van der Waals surface area contributed by atoms with Crippen LogP contribution in [0.2, 0.25) is 5.02 Å². The number of benzene rings is 2. The first-order valence-electron chi connectivity index (χ1n) is 10.2. The quantitative estimate of drug-likeness (QED) is 0.573. The molecule has 5 nitrogen and oxygen atoms in total. The van der Waals surface area contributed by atoms with Crippen LogP contribution >= 0.6 is 11.6 Å². The van der Waals surface area contributed by atoms with Crippen molar-refractivity contribution in [2.75, 3.05) is 13.1 Å². The molecule has 1 saturated heterocycles. The molecule has 1 aliphatic heterocycles. The van der Waals surface area contributed by atoms with E-state index in [1.165, 1.54) is 5.56 Å². The summed E-state index contributed by atoms with van der Waals surface area (Å²) in [6, 6.07) is 15.0. The van der Waals surface area contributed by atoms with Gasteiger partial charge >= 0.3 is 0 Å². The van der Waals surface area contributed by atoms with Gasteiger partial charge in [-0.05, 0) is 53.6 Å². The van der Waals surface area contributed by atoms with Gasteiger partial charge in [-0.25, -0.2) is 5.43 Å². The van der Waals surface area contributed by atoms with Crippen LogP contribution in [0.4, 0.5) is 0 Å². The summed E-state index contributed by atoms with van der Waals surface area (Å²) in [4.78, 5) is 26.8. The minimum atomic E-state index is -0.139. The Morgan fingerprint density at radius 1 is 1.03 bits per heavy atom. The van der Waals surface area contributed by atoms with Crippen molar-refractivity contribution in [3.63, 3.8) is 0 Å². The number of carbonyl (C=O) groups excluding carboxylic acids is 2. The molecular formula is C24H28ClN3O2.